The Morgan fingerprint density at radius 3 is 1.78 bits per heavy atom. The first-order valence-corrected chi connectivity index (χ1v) is 3.77. The van der Waals surface area contributed by atoms with E-state index in [1.54, 1.807) is 0 Å². The van der Waals surface area contributed by atoms with Crippen LogP contribution in [-0.2, 0) is 9.47 Å². The Bertz CT molecular complexity index is 65.5. The lowest BCUT2D eigenvalue weighted by atomic mass is 10.7. The van der Waals surface area contributed by atoms with E-state index < -0.39 is 5.53 Å². The van der Waals surface area contributed by atoms with Gasteiger partial charge in [-0.25, -0.2) is 0 Å². The van der Waals surface area contributed by atoms with E-state index in [-0.39, 0.29) is 0 Å². The Morgan fingerprint density at radius 1 is 1.22 bits per heavy atom. The fraction of sp³-hybridized carbons (Fsp3) is 1.00. The van der Waals surface area contributed by atoms with Crippen molar-refractivity contribution in [1.29, 1.82) is 0 Å². The zero-order valence-corrected chi connectivity index (χ0v) is 7.46. The maximum absolute atomic E-state index is 5.21. The van der Waals surface area contributed by atoms with Crippen molar-refractivity contribution in [2.75, 3.05) is 13.2 Å². The summed E-state index contributed by atoms with van der Waals surface area (Å²) in [4.78, 5) is 0. The molecular formula is C6H15O2P. The maximum Gasteiger partial charge on any atom is 0.178 e. The minimum Gasteiger partial charge on any atom is -0.347 e. The van der Waals surface area contributed by atoms with Crippen LogP contribution < -0.4 is 0 Å². The van der Waals surface area contributed by atoms with E-state index >= 15 is 0 Å². The second-order valence-corrected chi connectivity index (χ2v) is 2.93. The zero-order valence-electron chi connectivity index (χ0n) is 6.31. The predicted molar refractivity (Wildman–Crippen MR) is 41.4 cm³/mol. The topological polar surface area (TPSA) is 18.5 Å². The molecule has 0 bridgehead atoms. The molecule has 9 heavy (non-hydrogen) atoms. The largest absolute Gasteiger partial charge is 0.347 e. The molecule has 1 unspecified atom stereocenters. The van der Waals surface area contributed by atoms with Crippen molar-refractivity contribution in [2.24, 2.45) is 0 Å². The maximum atomic E-state index is 5.21. The summed E-state index contributed by atoms with van der Waals surface area (Å²) in [6.07, 6.45) is 0. The van der Waals surface area contributed by atoms with Crippen LogP contribution in [0.5, 0.6) is 0 Å². The molecule has 0 spiro atoms. The molecule has 0 aliphatic carbocycles. The first-order chi connectivity index (χ1) is 4.12. The summed E-state index contributed by atoms with van der Waals surface area (Å²) in [5.74, 6) is 0. The highest BCUT2D eigenvalue weighted by Gasteiger charge is 2.15. The molecule has 0 aromatic rings. The first-order valence-electron chi connectivity index (χ1n) is 3.19. The summed E-state index contributed by atoms with van der Waals surface area (Å²) in [5, 5.41) is 0. The summed E-state index contributed by atoms with van der Waals surface area (Å²) < 4.78 is 10.4. The Kier molecular flexibility index (Phi) is 4.37. The van der Waals surface area contributed by atoms with Crippen molar-refractivity contribution in [3.8, 4) is 0 Å². The molecule has 0 fully saturated rings. The Labute approximate surface area is 59.1 Å². The van der Waals surface area contributed by atoms with Gasteiger partial charge in [0.1, 0.15) is 0 Å². The summed E-state index contributed by atoms with van der Waals surface area (Å²) in [5.41, 5.74) is -0.483. The molecule has 0 rings (SSSR count). The molecule has 0 radical (unpaired) electrons. The van der Waals surface area contributed by atoms with E-state index in [2.05, 4.69) is 9.24 Å². The first kappa shape index (κ1) is 9.35. The lowest BCUT2D eigenvalue weighted by Gasteiger charge is -2.23. The van der Waals surface area contributed by atoms with Gasteiger partial charge in [-0.2, -0.15) is 0 Å². The summed E-state index contributed by atoms with van der Waals surface area (Å²) in [6, 6.07) is 0. The van der Waals surface area contributed by atoms with Crippen LogP contribution in [0.15, 0.2) is 0 Å². The van der Waals surface area contributed by atoms with Crippen molar-refractivity contribution in [3.63, 3.8) is 0 Å². The third-order valence-corrected chi connectivity index (χ3v) is 1.20. The van der Waals surface area contributed by atoms with Crippen molar-refractivity contribution in [1.82, 2.24) is 0 Å². The van der Waals surface area contributed by atoms with Gasteiger partial charge in [0, 0.05) is 13.2 Å². The molecule has 56 valence electrons. The van der Waals surface area contributed by atoms with E-state index in [0.29, 0.717) is 13.2 Å². The lowest BCUT2D eigenvalue weighted by molar-refractivity contribution is -0.153. The Hall–Kier alpha value is 0.350. The van der Waals surface area contributed by atoms with Crippen LogP contribution in [0.2, 0.25) is 0 Å². The molecule has 0 amide bonds. The molecule has 0 aliphatic rings. The minimum atomic E-state index is -0.483. The molecule has 0 heterocycles. The van der Waals surface area contributed by atoms with Crippen LogP contribution in [0.1, 0.15) is 20.8 Å². The van der Waals surface area contributed by atoms with Gasteiger partial charge >= 0.3 is 0 Å². The van der Waals surface area contributed by atoms with Crippen molar-refractivity contribution < 1.29 is 9.47 Å². The third-order valence-electron chi connectivity index (χ3n) is 0.862. The normalized spacial score (nSPS) is 12.0. The molecule has 0 saturated carbocycles. The molecule has 0 N–H and O–H groups in total. The highest BCUT2D eigenvalue weighted by Crippen LogP contribution is 2.19. The molecule has 0 aromatic carbocycles. The molecule has 1 atom stereocenters. The molecular weight excluding hydrogens is 135 g/mol. The van der Waals surface area contributed by atoms with Gasteiger partial charge in [0.05, 0.1) is 0 Å². The molecule has 0 saturated heterocycles. The predicted octanol–water partition coefficient (Wildman–Crippen LogP) is 1.61. The molecule has 3 heteroatoms. The number of hydrogen-bond donors (Lipinski definition) is 0. The zero-order chi connectivity index (χ0) is 7.33. The monoisotopic (exact) mass is 150 g/mol. The summed E-state index contributed by atoms with van der Waals surface area (Å²) in [6.45, 7) is 7.13. The third kappa shape index (κ3) is 4.83. The van der Waals surface area contributed by atoms with E-state index in [9.17, 15) is 0 Å². The van der Waals surface area contributed by atoms with Gasteiger partial charge < -0.3 is 9.47 Å². The van der Waals surface area contributed by atoms with Crippen LogP contribution in [0, 0.1) is 0 Å². The fourth-order valence-corrected chi connectivity index (χ4v) is 0.948. The second kappa shape index (κ2) is 4.21. The number of hydrogen-bond acceptors (Lipinski definition) is 2. The smallest absolute Gasteiger partial charge is 0.178 e. The van der Waals surface area contributed by atoms with E-state index in [1.165, 1.54) is 0 Å². The van der Waals surface area contributed by atoms with Gasteiger partial charge in [-0.3, -0.25) is 0 Å². The fourth-order valence-electron chi connectivity index (χ4n) is 0.615. The highest BCUT2D eigenvalue weighted by molar-refractivity contribution is 7.18. The van der Waals surface area contributed by atoms with Gasteiger partial charge in [-0.1, -0.05) is 9.24 Å². The van der Waals surface area contributed by atoms with Crippen LogP contribution in [0.4, 0.5) is 0 Å². The Morgan fingerprint density at radius 2 is 1.56 bits per heavy atom. The van der Waals surface area contributed by atoms with Crippen molar-refractivity contribution in [3.05, 3.63) is 0 Å². The van der Waals surface area contributed by atoms with E-state index in [0.717, 1.165) is 0 Å². The SMILES string of the molecule is CCOC(C)(P)OCC. The van der Waals surface area contributed by atoms with Gasteiger partial charge in [0.25, 0.3) is 0 Å². The van der Waals surface area contributed by atoms with Crippen molar-refractivity contribution in [2.45, 2.75) is 26.3 Å². The Balaban J connectivity index is 3.43. The minimum absolute atomic E-state index is 0.483. The average Bonchev–Trinajstić information content (AvgIpc) is 1.64. The van der Waals surface area contributed by atoms with E-state index in [1.807, 2.05) is 20.8 Å². The molecule has 0 aliphatic heterocycles. The highest BCUT2D eigenvalue weighted by atomic mass is 31.0. The van der Waals surface area contributed by atoms with Crippen LogP contribution in [-0.4, -0.2) is 18.7 Å². The second-order valence-electron chi connectivity index (χ2n) is 1.88. The van der Waals surface area contributed by atoms with Crippen molar-refractivity contribution >= 4 is 9.24 Å². The average molecular weight is 150 g/mol. The number of rotatable bonds is 4. The van der Waals surface area contributed by atoms with Gasteiger partial charge in [0.2, 0.25) is 0 Å². The quantitative estimate of drug-likeness (QED) is 0.447. The van der Waals surface area contributed by atoms with Gasteiger partial charge in [-0.05, 0) is 20.8 Å². The van der Waals surface area contributed by atoms with E-state index in [4.69, 9.17) is 9.47 Å². The lowest BCUT2D eigenvalue weighted by Crippen LogP contribution is -2.24. The van der Waals surface area contributed by atoms with Crippen LogP contribution in [0.25, 0.3) is 0 Å². The summed E-state index contributed by atoms with van der Waals surface area (Å²) in [7, 11) is 2.51. The summed E-state index contributed by atoms with van der Waals surface area (Å²) >= 11 is 0. The van der Waals surface area contributed by atoms with Gasteiger partial charge in [0.15, 0.2) is 5.53 Å². The van der Waals surface area contributed by atoms with Crippen LogP contribution in [0.3, 0.4) is 0 Å². The standard InChI is InChI=1S/C6H15O2P/c1-4-7-6(3,9)8-5-2/h4-5,9H2,1-3H3. The van der Waals surface area contributed by atoms with Crippen LogP contribution >= 0.6 is 9.24 Å². The molecule has 0 aromatic heterocycles. The molecule has 2 nitrogen and oxygen atoms in total. The van der Waals surface area contributed by atoms with Gasteiger partial charge in [-0.15, -0.1) is 0 Å². The number of ether oxygens (including phenoxy) is 2.